The SMILES string of the molecule is CCc1ccccc1-n1ncc(CCC(=O)O)c1C. The van der Waals surface area contributed by atoms with E-state index in [4.69, 9.17) is 5.11 Å². The van der Waals surface area contributed by atoms with Gasteiger partial charge in [0.25, 0.3) is 0 Å². The van der Waals surface area contributed by atoms with Crippen LogP contribution in [0.4, 0.5) is 0 Å². The van der Waals surface area contributed by atoms with Crippen molar-refractivity contribution in [1.29, 1.82) is 0 Å². The number of para-hydroxylation sites is 1. The Labute approximate surface area is 112 Å². The molecule has 100 valence electrons. The average molecular weight is 258 g/mol. The Bertz CT molecular complexity index is 588. The summed E-state index contributed by atoms with van der Waals surface area (Å²) in [5.41, 5.74) is 4.32. The molecule has 2 aromatic rings. The molecule has 0 saturated heterocycles. The molecule has 0 spiro atoms. The molecule has 0 aliphatic heterocycles. The summed E-state index contributed by atoms with van der Waals surface area (Å²) in [5, 5.41) is 13.1. The molecule has 0 unspecified atom stereocenters. The molecule has 0 bridgehead atoms. The highest BCUT2D eigenvalue weighted by Crippen LogP contribution is 2.19. The van der Waals surface area contributed by atoms with Gasteiger partial charge in [0, 0.05) is 12.1 Å². The maximum absolute atomic E-state index is 10.6. The summed E-state index contributed by atoms with van der Waals surface area (Å²) in [6.45, 7) is 4.10. The van der Waals surface area contributed by atoms with E-state index in [0.29, 0.717) is 6.42 Å². The molecule has 4 heteroatoms. The normalized spacial score (nSPS) is 10.6. The summed E-state index contributed by atoms with van der Waals surface area (Å²) in [6.07, 6.45) is 3.38. The van der Waals surface area contributed by atoms with Crippen LogP contribution in [0.5, 0.6) is 0 Å². The summed E-state index contributed by atoms with van der Waals surface area (Å²) >= 11 is 0. The molecule has 1 aromatic carbocycles. The van der Waals surface area contributed by atoms with Crippen LogP contribution in [-0.2, 0) is 17.6 Å². The van der Waals surface area contributed by atoms with E-state index in [-0.39, 0.29) is 6.42 Å². The first-order chi connectivity index (χ1) is 9.13. The zero-order valence-electron chi connectivity index (χ0n) is 11.3. The van der Waals surface area contributed by atoms with E-state index < -0.39 is 5.97 Å². The van der Waals surface area contributed by atoms with Crippen LogP contribution in [-0.4, -0.2) is 20.9 Å². The number of rotatable bonds is 5. The quantitative estimate of drug-likeness (QED) is 0.897. The van der Waals surface area contributed by atoms with Crippen molar-refractivity contribution in [3.8, 4) is 5.69 Å². The molecular weight excluding hydrogens is 240 g/mol. The van der Waals surface area contributed by atoms with Crippen molar-refractivity contribution in [1.82, 2.24) is 9.78 Å². The molecule has 0 amide bonds. The second-order valence-corrected chi connectivity index (χ2v) is 4.54. The van der Waals surface area contributed by atoms with Crippen molar-refractivity contribution in [3.63, 3.8) is 0 Å². The van der Waals surface area contributed by atoms with Crippen LogP contribution in [0.15, 0.2) is 30.5 Å². The van der Waals surface area contributed by atoms with Crippen LogP contribution in [0.3, 0.4) is 0 Å². The molecule has 4 nitrogen and oxygen atoms in total. The molecule has 2 rings (SSSR count). The molecule has 0 radical (unpaired) electrons. The fourth-order valence-electron chi connectivity index (χ4n) is 2.19. The molecular formula is C15H18N2O2. The number of hydrogen-bond acceptors (Lipinski definition) is 2. The number of carboxylic acid groups (broad SMARTS) is 1. The Hall–Kier alpha value is -2.10. The summed E-state index contributed by atoms with van der Waals surface area (Å²) < 4.78 is 1.90. The first-order valence-electron chi connectivity index (χ1n) is 6.47. The zero-order chi connectivity index (χ0) is 13.8. The van der Waals surface area contributed by atoms with Crippen molar-refractivity contribution >= 4 is 5.97 Å². The first kappa shape index (κ1) is 13.3. The highest BCUT2D eigenvalue weighted by atomic mass is 16.4. The smallest absolute Gasteiger partial charge is 0.303 e. The van der Waals surface area contributed by atoms with E-state index in [2.05, 4.69) is 18.1 Å². The second-order valence-electron chi connectivity index (χ2n) is 4.54. The second kappa shape index (κ2) is 5.69. The minimum Gasteiger partial charge on any atom is -0.481 e. The fourth-order valence-corrected chi connectivity index (χ4v) is 2.19. The number of carboxylic acids is 1. The van der Waals surface area contributed by atoms with Gasteiger partial charge in [0.2, 0.25) is 0 Å². The van der Waals surface area contributed by atoms with Gasteiger partial charge in [0.1, 0.15) is 0 Å². The van der Waals surface area contributed by atoms with Crippen LogP contribution in [0.2, 0.25) is 0 Å². The highest BCUT2D eigenvalue weighted by molar-refractivity contribution is 5.67. The third-order valence-corrected chi connectivity index (χ3v) is 3.32. The number of aromatic nitrogens is 2. The van der Waals surface area contributed by atoms with Gasteiger partial charge in [0.05, 0.1) is 11.9 Å². The number of nitrogens with zero attached hydrogens (tertiary/aromatic N) is 2. The standard InChI is InChI=1S/C15H18N2O2/c1-3-12-6-4-5-7-14(12)17-11(2)13(10-16-17)8-9-15(18)19/h4-7,10H,3,8-9H2,1-2H3,(H,18,19). The van der Waals surface area contributed by atoms with Crippen molar-refractivity contribution in [2.75, 3.05) is 0 Å². The summed E-state index contributed by atoms with van der Waals surface area (Å²) in [6, 6.07) is 8.15. The van der Waals surface area contributed by atoms with Crippen molar-refractivity contribution < 1.29 is 9.90 Å². The van der Waals surface area contributed by atoms with Gasteiger partial charge in [-0.2, -0.15) is 5.10 Å². The summed E-state index contributed by atoms with van der Waals surface area (Å²) in [4.78, 5) is 10.6. The van der Waals surface area contributed by atoms with Crippen LogP contribution in [0, 0.1) is 6.92 Å². The maximum Gasteiger partial charge on any atom is 0.303 e. The molecule has 1 aromatic heterocycles. The first-order valence-corrected chi connectivity index (χ1v) is 6.47. The molecule has 1 N–H and O–H groups in total. The minimum absolute atomic E-state index is 0.141. The third-order valence-electron chi connectivity index (χ3n) is 3.32. The van der Waals surface area contributed by atoms with Gasteiger partial charge in [-0.1, -0.05) is 25.1 Å². The van der Waals surface area contributed by atoms with E-state index in [1.807, 2.05) is 29.8 Å². The van der Waals surface area contributed by atoms with Gasteiger partial charge in [-0.3, -0.25) is 4.79 Å². The molecule has 0 atom stereocenters. The summed E-state index contributed by atoms with van der Waals surface area (Å²) in [5.74, 6) is -0.777. The van der Waals surface area contributed by atoms with E-state index in [1.165, 1.54) is 5.56 Å². The molecule has 0 fully saturated rings. The Morgan fingerprint density at radius 2 is 2.05 bits per heavy atom. The maximum atomic E-state index is 10.6. The van der Waals surface area contributed by atoms with Gasteiger partial charge in [-0.05, 0) is 37.0 Å². The van der Waals surface area contributed by atoms with Gasteiger partial charge in [0.15, 0.2) is 0 Å². The van der Waals surface area contributed by atoms with Crippen molar-refractivity contribution in [2.24, 2.45) is 0 Å². The average Bonchev–Trinajstić information content (AvgIpc) is 2.77. The lowest BCUT2D eigenvalue weighted by atomic mass is 10.1. The van der Waals surface area contributed by atoms with Gasteiger partial charge >= 0.3 is 5.97 Å². The lowest BCUT2D eigenvalue weighted by molar-refractivity contribution is -0.136. The van der Waals surface area contributed by atoms with Crippen molar-refractivity contribution in [2.45, 2.75) is 33.1 Å². The number of aliphatic carboxylic acids is 1. The monoisotopic (exact) mass is 258 g/mol. The molecule has 0 aliphatic carbocycles. The lowest BCUT2D eigenvalue weighted by Crippen LogP contribution is -2.04. The topological polar surface area (TPSA) is 55.1 Å². The molecule has 0 aliphatic rings. The Balaban J connectivity index is 2.33. The van der Waals surface area contributed by atoms with E-state index in [1.54, 1.807) is 6.20 Å². The van der Waals surface area contributed by atoms with Crippen LogP contribution in [0.1, 0.15) is 30.2 Å². The largest absolute Gasteiger partial charge is 0.481 e. The zero-order valence-corrected chi connectivity index (χ0v) is 11.3. The van der Waals surface area contributed by atoms with Gasteiger partial charge in [-0.15, -0.1) is 0 Å². The van der Waals surface area contributed by atoms with Crippen LogP contribution >= 0.6 is 0 Å². The van der Waals surface area contributed by atoms with Gasteiger partial charge < -0.3 is 5.11 Å². The molecule has 1 heterocycles. The Kier molecular flexibility index (Phi) is 4.00. The minimum atomic E-state index is -0.777. The molecule has 19 heavy (non-hydrogen) atoms. The van der Waals surface area contributed by atoms with Gasteiger partial charge in [-0.25, -0.2) is 4.68 Å². The fraction of sp³-hybridized carbons (Fsp3) is 0.333. The Morgan fingerprint density at radius 1 is 1.32 bits per heavy atom. The van der Waals surface area contributed by atoms with Crippen LogP contribution in [0.25, 0.3) is 5.69 Å². The third kappa shape index (κ3) is 2.84. The van der Waals surface area contributed by atoms with E-state index in [9.17, 15) is 4.79 Å². The predicted octanol–water partition coefficient (Wildman–Crippen LogP) is 2.76. The highest BCUT2D eigenvalue weighted by Gasteiger charge is 2.11. The number of benzene rings is 1. The Morgan fingerprint density at radius 3 is 2.74 bits per heavy atom. The lowest BCUT2D eigenvalue weighted by Gasteiger charge is -2.10. The van der Waals surface area contributed by atoms with E-state index >= 15 is 0 Å². The number of aryl methyl sites for hydroxylation is 2. The summed E-state index contributed by atoms with van der Waals surface area (Å²) in [7, 11) is 0. The van der Waals surface area contributed by atoms with E-state index in [0.717, 1.165) is 23.4 Å². The predicted molar refractivity (Wildman–Crippen MR) is 73.6 cm³/mol. The molecule has 0 saturated carbocycles. The van der Waals surface area contributed by atoms with Crippen LogP contribution < -0.4 is 0 Å². The number of carbonyl (C=O) groups is 1. The number of hydrogen-bond donors (Lipinski definition) is 1. The van der Waals surface area contributed by atoms with Crippen molar-refractivity contribution in [3.05, 3.63) is 47.3 Å².